The molecule has 1 aliphatic heterocycles. The minimum atomic E-state index is -1.10. The Hall–Kier alpha value is -2.78. The monoisotopic (exact) mass is 350 g/mol. The van der Waals surface area contributed by atoms with Crippen molar-refractivity contribution in [2.75, 3.05) is 13.2 Å². The van der Waals surface area contributed by atoms with Crippen molar-refractivity contribution in [3.05, 3.63) is 68.7 Å². The van der Waals surface area contributed by atoms with Crippen LogP contribution in [0.15, 0.2) is 46.1 Å². The molecule has 0 spiro atoms. The molecule has 8 nitrogen and oxygen atoms in total. The summed E-state index contributed by atoms with van der Waals surface area (Å²) in [5, 5.41) is 0. The Morgan fingerprint density at radius 1 is 1.32 bits per heavy atom. The number of carbonyl (C=O) groups excluding carboxylic acids is 1. The van der Waals surface area contributed by atoms with Gasteiger partial charge in [0.05, 0.1) is 18.4 Å². The van der Waals surface area contributed by atoms with Gasteiger partial charge in [-0.05, 0) is 12.1 Å². The highest BCUT2D eigenvalue weighted by Gasteiger charge is 2.27. The van der Waals surface area contributed by atoms with Crippen LogP contribution in [-0.2, 0) is 14.2 Å². The number of rotatable bonds is 4. The van der Waals surface area contributed by atoms with E-state index in [0.717, 1.165) is 10.8 Å². The second kappa shape index (κ2) is 7.41. The van der Waals surface area contributed by atoms with Crippen LogP contribution in [0.1, 0.15) is 23.0 Å². The van der Waals surface area contributed by atoms with Crippen molar-refractivity contribution in [2.24, 2.45) is 0 Å². The van der Waals surface area contributed by atoms with Crippen molar-refractivity contribution in [2.45, 2.75) is 18.9 Å². The first-order valence-corrected chi connectivity index (χ1v) is 7.55. The van der Waals surface area contributed by atoms with Crippen molar-refractivity contribution < 1.29 is 23.4 Å². The average Bonchev–Trinajstić information content (AvgIpc) is 2.63. The van der Waals surface area contributed by atoms with E-state index in [1.807, 2.05) is 4.98 Å². The molecule has 1 saturated heterocycles. The minimum absolute atomic E-state index is 0.190. The van der Waals surface area contributed by atoms with E-state index in [2.05, 4.69) is 0 Å². The first-order valence-electron chi connectivity index (χ1n) is 7.55. The molecule has 1 aromatic heterocycles. The number of benzene rings is 1. The number of nitrogens with one attached hydrogen (secondary N) is 1. The molecule has 0 saturated carbocycles. The summed E-state index contributed by atoms with van der Waals surface area (Å²) in [6.45, 7) is 0.0240. The summed E-state index contributed by atoms with van der Waals surface area (Å²) in [6.07, 6.45) is -0.694. The maximum atomic E-state index is 13.4. The lowest BCUT2D eigenvalue weighted by Crippen LogP contribution is -2.40. The third-order valence-electron chi connectivity index (χ3n) is 3.57. The number of aromatic amines is 1. The van der Waals surface area contributed by atoms with E-state index in [4.69, 9.17) is 14.2 Å². The van der Waals surface area contributed by atoms with Gasteiger partial charge >= 0.3 is 11.7 Å². The maximum absolute atomic E-state index is 13.4. The van der Waals surface area contributed by atoms with Crippen molar-refractivity contribution in [1.82, 2.24) is 9.55 Å². The minimum Gasteiger partial charge on any atom is -0.457 e. The van der Waals surface area contributed by atoms with E-state index in [1.54, 1.807) is 30.3 Å². The lowest BCUT2D eigenvalue weighted by Gasteiger charge is -2.30. The lowest BCUT2D eigenvalue weighted by molar-refractivity contribution is -0.246. The van der Waals surface area contributed by atoms with Crippen molar-refractivity contribution >= 4 is 5.97 Å². The van der Waals surface area contributed by atoms with E-state index >= 15 is 0 Å². The molecule has 9 heteroatoms. The van der Waals surface area contributed by atoms with Crippen molar-refractivity contribution in [3.8, 4) is 0 Å². The molecule has 25 heavy (non-hydrogen) atoms. The molecule has 3 rings (SSSR count). The van der Waals surface area contributed by atoms with Gasteiger partial charge in [-0.25, -0.2) is 9.59 Å². The van der Waals surface area contributed by atoms with Gasteiger partial charge in [0.1, 0.15) is 12.8 Å². The van der Waals surface area contributed by atoms with E-state index in [1.165, 1.54) is 0 Å². The number of nitrogens with zero attached hydrogens (tertiary/aromatic N) is 1. The van der Waals surface area contributed by atoms with Gasteiger partial charge in [0, 0.05) is 6.42 Å². The third kappa shape index (κ3) is 4.01. The van der Waals surface area contributed by atoms with Crippen LogP contribution in [0.3, 0.4) is 0 Å². The molecular weight excluding hydrogens is 335 g/mol. The fourth-order valence-corrected chi connectivity index (χ4v) is 2.35. The highest BCUT2D eigenvalue weighted by Crippen LogP contribution is 2.20. The van der Waals surface area contributed by atoms with Gasteiger partial charge in [-0.2, -0.15) is 4.39 Å². The number of ether oxygens (including phenoxy) is 3. The summed E-state index contributed by atoms with van der Waals surface area (Å²) in [5.41, 5.74) is -1.51. The quantitative estimate of drug-likeness (QED) is 0.819. The van der Waals surface area contributed by atoms with E-state index in [-0.39, 0.29) is 19.6 Å². The van der Waals surface area contributed by atoms with Gasteiger partial charge in [0.25, 0.3) is 5.56 Å². The van der Waals surface area contributed by atoms with Gasteiger partial charge < -0.3 is 14.2 Å². The van der Waals surface area contributed by atoms with Crippen LogP contribution in [0.4, 0.5) is 4.39 Å². The summed E-state index contributed by atoms with van der Waals surface area (Å²) < 4.78 is 30.3. The second-order valence-corrected chi connectivity index (χ2v) is 5.29. The Morgan fingerprint density at radius 2 is 2.08 bits per heavy atom. The number of hydrogen-bond acceptors (Lipinski definition) is 6. The van der Waals surface area contributed by atoms with Gasteiger partial charge in [-0.1, -0.05) is 18.2 Å². The molecular formula is C16H15FN2O6. The van der Waals surface area contributed by atoms with E-state index < -0.39 is 35.6 Å². The molecule has 2 heterocycles. The van der Waals surface area contributed by atoms with Crippen molar-refractivity contribution in [3.63, 3.8) is 0 Å². The molecule has 1 aromatic carbocycles. The fourth-order valence-electron chi connectivity index (χ4n) is 2.35. The van der Waals surface area contributed by atoms with Crippen LogP contribution >= 0.6 is 0 Å². The summed E-state index contributed by atoms with van der Waals surface area (Å²) in [4.78, 5) is 36.6. The summed E-state index contributed by atoms with van der Waals surface area (Å²) in [7, 11) is 0. The van der Waals surface area contributed by atoms with E-state index in [9.17, 15) is 18.8 Å². The van der Waals surface area contributed by atoms with Crippen LogP contribution < -0.4 is 11.2 Å². The van der Waals surface area contributed by atoms with Gasteiger partial charge in [-0.3, -0.25) is 14.3 Å². The molecule has 0 aliphatic carbocycles. The molecule has 0 amide bonds. The molecule has 0 unspecified atom stereocenters. The van der Waals surface area contributed by atoms with Crippen molar-refractivity contribution in [1.29, 1.82) is 0 Å². The predicted molar refractivity (Wildman–Crippen MR) is 82.5 cm³/mol. The molecule has 2 atom stereocenters. The van der Waals surface area contributed by atoms with Gasteiger partial charge in [0.2, 0.25) is 5.82 Å². The maximum Gasteiger partial charge on any atom is 0.338 e. The molecule has 0 radical (unpaired) electrons. The Labute approximate surface area is 140 Å². The molecule has 1 N–H and O–H groups in total. The zero-order valence-electron chi connectivity index (χ0n) is 13.0. The number of hydrogen-bond donors (Lipinski definition) is 1. The lowest BCUT2D eigenvalue weighted by atomic mass is 10.2. The topological polar surface area (TPSA) is 99.6 Å². The smallest absolute Gasteiger partial charge is 0.338 e. The predicted octanol–water partition coefficient (Wildman–Crippen LogP) is 0.794. The van der Waals surface area contributed by atoms with Crippen LogP contribution in [0.5, 0.6) is 0 Å². The fraction of sp³-hybridized carbons (Fsp3) is 0.312. The molecule has 2 aromatic rings. The number of aromatic nitrogens is 2. The summed E-state index contributed by atoms with van der Waals surface area (Å²) in [6, 6.07) is 8.40. The standard InChI is InChI=1S/C16H15FN2O6/c17-11-8-19(16(22)18-14(11)20)12-6-7-23-13(25-12)9-24-15(21)10-4-2-1-3-5-10/h1-5,8,12-13H,6-7,9H2,(H,18,20,22)/t12-,13-/m0/s1. The summed E-state index contributed by atoms with van der Waals surface area (Å²) in [5.74, 6) is -1.64. The van der Waals surface area contributed by atoms with Crippen LogP contribution in [0.2, 0.25) is 0 Å². The van der Waals surface area contributed by atoms with Gasteiger partial charge in [-0.15, -0.1) is 0 Å². The average molecular weight is 350 g/mol. The zero-order valence-corrected chi connectivity index (χ0v) is 13.0. The van der Waals surface area contributed by atoms with Crippen LogP contribution in [-0.4, -0.2) is 35.0 Å². The normalized spacial score (nSPS) is 20.2. The number of esters is 1. The first kappa shape index (κ1) is 17.1. The molecule has 132 valence electrons. The highest BCUT2D eigenvalue weighted by atomic mass is 19.1. The Kier molecular flexibility index (Phi) is 5.05. The number of carbonyl (C=O) groups is 1. The number of H-pyrrole nitrogens is 1. The first-order chi connectivity index (χ1) is 12.0. The largest absolute Gasteiger partial charge is 0.457 e. The summed E-state index contributed by atoms with van der Waals surface area (Å²) >= 11 is 0. The van der Waals surface area contributed by atoms with Crippen LogP contribution in [0.25, 0.3) is 0 Å². The van der Waals surface area contributed by atoms with E-state index in [0.29, 0.717) is 5.56 Å². The molecule has 1 aliphatic rings. The second-order valence-electron chi connectivity index (χ2n) is 5.29. The molecule has 0 bridgehead atoms. The number of halogens is 1. The Morgan fingerprint density at radius 3 is 2.84 bits per heavy atom. The molecule has 1 fully saturated rings. The highest BCUT2D eigenvalue weighted by molar-refractivity contribution is 5.89. The zero-order chi connectivity index (χ0) is 17.8. The Balaban J connectivity index is 1.64. The van der Waals surface area contributed by atoms with Crippen LogP contribution in [0, 0.1) is 5.82 Å². The third-order valence-corrected chi connectivity index (χ3v) is 3.57. The SMILES string of the molecule is O=C(OC[C@H]1OCC[C@@H](n2cc(F)c(=O)[nH]c2=O)O1)c1ccccc1. The Bertz CT molecular complexity index is 863. The van der Waals surface area contributed by atoms with Gasteiger partial charge in [0.15, 0.2) is 6.29 Å².